The minimum absolute atomic E-state index is 0.0383. The highest BCUT2D eigenvalue weighted by molar-refractivity contribution is 7.98. The number of piperidine rings is 1. The number of thioether (sulfide) groups is 1. The molecule has 1 aromatic heterocycles. The summed E-state index contributed by atoms with van der Waals surface area (Å²) in [5.41, 5.74) is 2.92. The van der Waals surface area contributed by atoms with Crippen LogP contribution < -0.4 is 5.32 Å². The molecule has 29 heavy (non-hydrogen) atoms. The second-order valence-electron chi connectivity index (χ2n) is 7.26. The summed E-state index contributed by atoms with van der Waals surface area (Å²) in [5, 5.41) is 4.03. The van der Waals surface area contributed by atoms with E-state index in [0.29, 0.717) is 28.7 Å². The number of carbonyl (C=O) groups is 1. The van der Waals surface area contributed by atoms with Crippen LogP contribution in [-0.2, 0) is 6.54 Å². The number of nitrogens with zero attached hydrogens (tertiary/aromatic N) is 2. The van der Waals surface area contributed by atoms with Crippen LogP contribution in [0.5, 0.6) is 0 Å². The molecule has 0 saturated carbocycles. The number of likely N-dealkylation sites (tertiary alicyclic amines) is 1. The lowest BCUT2D eigenvalue weighted by atomic mass is 10.1. The molecule has 150 valence electrons. The molecule has 2 aromatic carbocycles. The van der Waals surface area contributed by atoms with Crippen molar-refractivity contribution in [2.24, 2.45) is 0 Å². The maximum Gasteiger partial charge on any atom is 0.257 e. The van der Waals surface area contributed by atoms with E-state index >= 15 is 0 Å². The van der Waals surface area contributed by atoms with Crippen molar-refractivity contribution < 1.29 is 9.18 Å². The Morgan fingerprint density at radius 1 is 1.14 bits per heavy atom. The number of halogens is 1. The van der Waals surface area contributed by atoms with E-state index in [-0.39, 0.29) is 11.7 Å². The first kappa shape index (κ1) is 19.7. The molecular weight excluding hydrogens is 385 g/mol. The Morgan fingerprint density at radius 3 is 2.62 bits per heavy atom. The molecule has 1 aliphatic heterocycles. The summed E-state index contributed by atoms with van der Waals surface area (Å²) in [7, 11) is 0. The van der Waals surface area contributed by atoms with Crippen molar-refractivity contribution in [1.82, 2.24) is 9.88 Å². The van der Waals surface area contributed by atoms with E-state index in [0.717, 1.165) is 37.9 Å². The summed E-state index contributed by atoms with van der Waals surface area (Å²) in [6.07, 6.45) is 6.86. The summed E-state index contributed by atoms with van der Waals surface area (Å²) in [6, 6.07) is 12.8. The molecule has 1 aliphatic rings. The first-order chi connectivity index (χ1) is 14.2. The number of hydrogen-bond donors (Lipinski definition) is 1. The molecule has 0 unspecified atom stereocenters. The zero-order valence-electron chi connectivity index (χ0n) is 16.5. The van der Waals surface area contributed by atoms with Gasteiger partial charge in [0.1, 0.15) is 5.82 Å². The summed E-state index contributed by atoms with van der Waals surface area (Å²) in [4.78, 5) is 20.7. The van der Waals surface area contributed by atoms with Gasteiger partial charge in [0.15, 0.2) is 0 Å². The molecule has 6 heteroatoms. The van der Waals surface area contributed by atoms with Crippen molar-refractivity contribution in [2.45, 2.75) is 30.7 Å². The number of carbonyl (C=O) groups excluding carboxylic acids is 1. The van der Waals surface area contributed by atoms with Crippen molar-refractivity contribution in [3.05, 3.63) is 65.6 Å². The maximum absolute atomic E-state index is 14.0. The van der Waals surface area contributed by atoms with Gasteiger partial charge >= 0.3 is 0 Å². The number of aromatic nitrogens is 1. The molecule has 0 atom stereocenters. The number of hydrogen-bond acceptors (Lipinski definition) is 4. The number of benzene rings is 2. The average molecular weight is 410 g/mol. The molecule has 1 amide bonds. The quantitative estimate of drug-likeness (QED) is 0.578. The molecule has 1 N–H and O–H groups in total. The van der Waals surface area contributed by atoms with E-state index in [2.05, 4.69) is 34.6 Å². The summed E-state index contributed by atoms with van der Waals surface area (Å²) in [6.45, 7) is 2.07. The van der Waals surface area contributed by atoms with E-state index in [9.17, 15) is 9.18 Å². The minimum Gasteiger partial charge on any atom is -0.380 e. The Hall–Kier alpha value is -2.60. The molecule has 4 rings (SSSR count). The van der Waals surface area contributed by atoms with E-state index in [1.807, 2.05) is 11.2 Å². The van der Waals surface area contributed by atoms with Gasteiger partial charge in [-0.2, -0.15) is 0 Å². The second kappa shape index (κ2) is 8.82. The zero-order valence-corrected chi connectivity index (χ0v) is 17.3. The van der Waals surface area contributed by atoms with Gasteiger partial charge in [0, 0.05) is 36.1 Å². The standard InChI is InChI=1S/C23H24FN3OS/c1-29-18-8-5-16(6-9-18)14-26-22-19-13-17(24)7-10-21(19)25-15-20(22)23(28)27-11-3-2-4-12-27/h5-10,13,15H,2-4,11-12,14H2,1H3,(H,25,26). The molecule has 2 heterocycles. The Kier molecular flexibility index (Phi) is 6.00. The first-order valence-corrected chi connectivity index (χ1v) is 11.1. The van der Waals surface area contributed by atoms with Gasteiger partial charge in [-0.05, 0) is 61.4 Å². The fourth-order valence-electron chi connectivity index (χ4n) is 3.72. The Balaban J connectivity index is 1.69. The minimum atomic E-state index is -0.339. The highest BCUT2D eigenvalue weighted by Gasteiger charge is 2.23. The van der Waals surface area contributed by atoms with Gasteiger partial charge in [0.25, 0.3) is 5.91 Å². The van der Waals surface area contributed by atoms with Gasteiger partial charge in [-0.1, -0.05) is 12.1 Å². The number of anilines is 1. The van der Waals surface area contributed by atoms with Crippen LogP contribution in [-0.4, -0.2) is 35.1 Å². The molecule has 0 radical (unpaired) electrons. The third-order valence-electron chi connectivity index (χ3n) is 5.33. The van der Waals surface area contributed by atoms with Crippen LogP contribution in [0.2, 0.25) is 0 Å². The van der Waals surface area contributed by atoms with Crippen LogP contribution >= 0.6 is 11.8 Å². The molecule has 1 fully saturated rings. The molecular formula is C23H24FN3OS. The van der Waals surface area contributed by atoms with Crippen LogP contribution in [0.1, 0.15) is 35.2 Å². The Labute approximate surface area is 174 Å². The highest BCUT2D eigenvalue weighted by Crippen LogP contribution is 2.29. The Morgan fingerprint density at radius 2 is 1.90 bits per heavy atom. The smallest absolute Gasteiger partial charge is 0.257 e. The lowest BCUT2D eigenvalue weighted by Gasteiger charge is -2.27. The van der Waals surface area contributed by atoms with E-state index in [1.54, 1.807) is 24.0 Å². The van der Waals surface area contributed by atoms with Gasteiger partial charge in [0.05, 0.1) is 16.8 Å². The molecule has 0 spiro atoms. The lowest BCUT2D eigenvalue weighted by Crippen LogP contribution is -2.36. The lowest BCUT2D eigenvalue weighted by molar-refractivity contribution is 0.0725. The van der Waals surface area contributed by atoms with Crippen LogP contribution in [0.25, 0.3) is 10.9 Å². The molecule has 4 nitrogen and oxygen atoms in total. The number of amides is 1. The van der Waals surface area contributed by atoms with Crippen LogP contribution in [0, 0.1) is 5.82 Å². The maximum atomic E-state index is 14.0. The van der Waals surface area contributed by atoms with Crippen molar-refractivity contribution in [1.29, 1.82) is 0 Å². The summed E-state index contributed by atoms with van der Waals surface area (Å²) < 4.78 is 14.0. The number of pyridine rings is 1. The van der Waals surface area contributed by atoms with Gasteiger partial charge < -0.3 is 10.2 Å². The second-order valence-corrected chi connectivity index (χ2v) is 8.14. The third kappa shape index (κ3) is 4.37. The van der Waals surface area contributed by atoms with E-state index in [4.69, 9.17) is 0 Å². The average Bonchev–Trinajstić information content (AvgIpc) is 2.77. The topological polar surface area (TPSA) is 45.2 Å². The van der Waals surface area contributed by atoms with E-state index < -0.39 is 0 Å². The van der Waals surface area contributed by atoms with Gasteiger partial charge in [-0.25, -0.2) is 4.39 Å². The van der Waals surface area contributed by atoms with Gasteiger partial charge in [0.2, 0.25) is 0 Å². The largest absolute Gasteiger partial charge is 0.380 e. The fraction of sp³-hybridized carbons (Fsp3) is 0.304. The predicted octanol–water partition coefficient (Wildman–Crippen LogP) is 5.33. The molecule has 0 aliphatic carbocycles. The fourth-order valence-corrected chi connectivity index (χ4v) is 4.13. The summed E-state index contributed by atoms with van der Waals surface area (Å²) >= 11 is 1.70. The normalized spacial score (nSPS) is 14.2. The Bertz CT molecular complexity index is 1020. The van der Waals surface area contributed by atoms with Crippen molar-refractivity contribution in [3.63, 3.8) is 0 Å². The number of rotatable bonds is 5. The highest BCUT2D eigenvalue weighted by atomic mass is 32.2. The van der Waals surface area contributed by atoms with E-state index in [1.165, 1.54) is 17.0 Å². The number of fused-ring (bicyclic) bond motifs is 1. The van der Waals surface area contributed by atoms with Gasteiger partial charge in [-0.3, -0.25) is 9.78 Å². The summed E-state index contributed by atoms with van der Waals surface area (Å²) in [5.74, 6) is -0.377. The van der Waals surface area contributed by atoms with Crippen LogP contribution in [0.3, 0.4) is 0 Å². The molecule has 3 aromatic rings. The van der Waals surface area contributed by atoms with Crippen LogP contribution in [0.4, 0.5) is 10.1 Å². The SMILES string of the molecule is CSc1ccc(CNc2c(C(=O)N3CCCCC3)cnc3ccc(F)cc23)cc1. The number of nitrogens with one attached hydrogen (secondary N) is 1. The molecule has 0 bridgehead atoms. The van der Waals surface area contributed by atoms with Crippen LogP contribution in [0.15, 0.2) is 53.6 Å². The van der Waals surface area contributed by atoms with Gasteiger partial charge in [-0.15, -0.1) is 11.8 Å². The molecule has 1 saturated heterocycles. The van der Waals surface area contributed by atoms with Crippen molar-refractivity contribution >= 4 is 34.3 Å². The third-order valence-corrected chi connectivity index (χ3v) is 6.08. The van der Waals surface area contributed by atoms with Crippen molar-refractivity contribution in [2.75, 3.05) is 24.7 Å². The first-order valence-electron chi connectivity index (χ1n) is 9.90. The monoisotopic (exact) mass is 409 g/mol. The zero-order chi connectivity index (χ0) is 20.2. The van der Waals surface area contributed by atoms with Crippen molar-refractivity contribution in [3.8, 4) is 0 Å². The predicted molar refractivity (Wildman–Crippen MR) is 117 cm³/mol.